The van der Waals surface area contributed by atoms with Crippen LogP contribution in [0.1, 0.15) is 226 Å². The average Bonchev–Trinajstić information content (AvgIpc) is 1.53. The number of imide groups is 4. The van der Waals surface area contributed by atoms with Crippen molar-refractivity contribution in [3.63, 3.8) is 0 Å². The first kappa shape index (κ1) is 81.4. The lowest BCUT2D eigenvalue weighted by atomic mass is 9.70. The fourth-order valence-electron chi connectivity index (χ4n) is 14.6. The molecular weight excluding hydrogens is 1700 g/mol. The van der Waals surface area contributed by atoms with Crippen molar-refractivity contribution in [3.05, 3.63) is 222 Å². The molecule has 108 heavy (non-hydrogen) atoms. The van der Waals surface area contributed by atoms with E-state index in [1.165, 1.54) is 33.0 Å². The van der Waals surface area contributed by atoms with Crippen molar-refractivity contribution in [1.82, 2.24) is 34.6 Å². The predicted molar refractivity (Wildman–Crippen MR) is 436 cm³/mol. The maximum absolute atomic E-state index is 13.0. The van der Waals surface area contributed by atoms with E-state index >= 15 is 0 Å². The summed E-state index contributed by atoms with van der Waals surface area (Å²) in [5, 5.41) is 41.8. The number of anilines is 2. The van der Waals surface area contributed by atoms with Crippen LogP contribution in [0.15, 0.2) is 154 Å². The van der Waals surface area contributed by atoms with Gasteiger partial charge in [-0.2, -0.15) is 0 Å². The van der Waals surface area contributed by atoms with Crippen LogP contribution in [0.2, 0.25) is 0 Å². The number of nitrogens with zero attached hydrogens (tertiary/aromatic N) is 9. The van der Waals surface area contributed by atoms with Crippen LogP contribution in [0.3, 0.4) is 0 Å². The molecule has 0 fully saturated rings. The van der Waals surface area contributed by atoms with Crippen LogP contribution in [-0.4, -0.2) is 120 Å². The van der Waals surface area contributed by atoms with E-state index < -0.39 is 28.6 Å². The van der Waals surface area contributed by atoms with E-state index in [4.69, 9.17) is 21.7 Å². The van der Waals surface area contributed by atoms with Crippen molar-refractivity contribution in [3.8, 4) is 17.2 Å². The lowest BCUT2D eigenvalue weighted by Crippen LogP contribution is -2.27. The summed E-state index contributed by atoms with van der Waals surface area (Å²) < 4.78 is 2.66. The summed E-state index contributed by atoms with van der Waals surface area (Å²) in [7, 11) is 5.78. The largest absolute Gasteiger partial charge is 0.505 e. The fourth-order valence-corrected chi connectivity index (χ4v) is 18.0. The summed E-state index contributed by atoms with van der Waals surface area (Å²) in [6.45, 7) is 30.5. The third kappa shape index (κ3) is 15.2. The predicted octanol–water partition coefficient (Wildman–Crippen LogP) is 19.3. The molecule has 562 valence electrons. The third-order valence-corrected chi connectivity index (χ3v) is 23.0. The SMILES string of the molecule is CN1C(=O)c2c(Br)cc(Br)c(N)c2C1=O.CN1C(=O)c2c(Br)cc(Br)c(N=Nc3cc(C(C)(C)CC(C)(C)C)cc(C(C)(C)c4ccccc4)c3O)c2C1=O.CN1C(=O)c2c(Br)cc3nn(-c4cc(C(C)(C)CC(C)(C)C)cc(C(C)(C)c5ccccc5)c4O)nc3c2C1=O.CN1C(=O)c2cccc(N)c2C1=O. The van der Waals surface area contributed by atoms with Gasteiger partial charge in [-0.15, -0.1) is 25.2 Å². The van der Waals surface area contributed by atoms with Crippen LogP contribution in [0, 0.1) is 10.8 Å². The number of aromatic hydroxyl groups is 2. The molecule has 0 saturated carbocycles. The van der Waals surface area contributed by atoms with Gasteiger partial charge in [-0.3, -0.25) is 58.0 Å². The lowest BCUT2D eigenvalue weighted by Gasteiger charge is -2.35. The topological polar surface area (TPSA) is 297 Å². The van der Waals surface area contributed by atoms with Gasteiger partial charge in [-0.1, -0.05) is 176 Å². The van der Waals surface area contributed by atoms with Gasteiger partial charge in [0.05, 0.1) is 50.2 Å². The number of phenols is 2. The van der Waals surface area contributed by atoms with Gasteiger partial charge in [-0.05, 0) is 179 Å². The zero-order chi connectivity index (χ0) is 80.1. The number of halogens is 5. The molecule has 21 nitrogen and oxygen atoms in total. The van der Waals surface area contributed by atoms with Gasteiger partial charge in [0.15, 0.2) is 0 Å². The molecule has 4 aliphatic rings. The summed E-state index contributed by atoms with van der Waals surface area (Å²) in [4.78, 5) is 103. The van der Waals surface area contributed by atoms with E-state index in [0.29, 0.717) is 72.8 Å². The molecule has 6 N–H and O–H groups in total. The first-order chi connectivity index (χ1) is 50.1. The molecule has 13 rings (SSSR count). The first-order valence-corrected chi connectivity index (χ1v) is 38.4. The second kappa shape index (κ2) is 29.7. The summed E-state index contributed by atoms with van der Waals surface area (Å²) >= 11 is 16.8. The monoisotopic (exact) mass is 1780 g/mol. The molecule has 9 aromatic rings. The number of azo groups is 1. The number of hydrogen-bond donors (Lipinski definition) is 4. The van der Waals surface area contributed by atoms with Crippen molar-refractivity contribution >= 4 is 161 Å². The van der Waals surface area contributed by atoms with Crippen molar-refractivity contribution < 1.29 is 48.6 Å². The van der Waals surface area contributed by atoms with E-state index in [9.17, 15) is 48.6 Å². The van der Waals surface area contributed by atoms with E-state index in [2.05, 4.69) is 223 Å². The molecule has 1 aromatic heterocycles. The standard InChI is InChI=1S/C32H35Br2N3O3.C32H35BrN4O3.C9H6Br2N2O2.C9H8N2O2/c1-30(2,3)17-31(4,5)19-14-20(32(6,7)18-12-10-9-11-13-18)27(38)23(15-19)35-36-26-22(34)16-21(33)24-25(26)29(40)37(8)28(24)39;1-30(2,3)17-31(4,5)19-14-20(32(6,7)18-12-10-9-11-13-18)27(38)23(15-19)37-34-22-16-21(33)24-25(26(22)35-37)29(40)36(8)28(24)39;1-13-8(14)5-3(10)2-4(11)7(12)6(5)9(13)15;1-11-8(12)5-3-2-4-6(10)7(5)9(11)13/h2*9-16,38H,17H2,1-8H3;2H,12H2,1H3;2-4H,10H2,1H3. The highest BCUT2D eigenvalue weighted by Gasteiger charge is 2.43. The van der Waals surface area contributed by atoms with Gasteiger partial charge in [0, 0.05) is 78.2 Å². The second-order valence-corrected chi connectivity index (χ2v) is 36.3. The van der Waals surface area contributed by atoms with Gasteiger partial charge >= 0.3 is 0 Å². The highest BCUT2D eigenvalue weighted by Crippen LogP contribution is 2.50. The number of nitrogens with two attached hydrogens (primary N) is 2. The van der Waals surface area contributed by atoms with Crippen molar-refractivity contribution in [2.24, 2.45) is 21.1 Å². The highest BCUT2D eigenvalue weighted by molar-refractivity contribution is 9.11. The molecule has 0 bridgehead atoms. The molecule has 0 atom stereocenters. The molecule has 26 heteroatoms. The second-order valence-electron chi connectivity index (χ2n) is 32.1. The van der Waals surface area contributed by atoms with Crippen LogP contribution < -0.4 is 11.5 Å². The Balaban J connectivity index is 0.000000170. The summed E-state index contributed by atoms with van der Waals surface area (Å²) in [6.07, 6.45) is 1.81. The molecule has 8 amide bonds. The number of amides is 8. The van der Waals surface area contributed by atoms with Crippen LogP contribution >= 0.6 is 79.6 Å². The Bertz CT molecular complexity index is 5330. The number of fused-ring (bicyclic) bond motifs is 6. The molecule has 0 spiro atoms. The van der Waals surface area contributed by atoms with Crippen LogP contribution in [0.25, 0.3) is 16.7 Å². The minimum atomic E-state index is -0.534. The molecule has 0 unspecified atom stereocenters. The van der Waals surface area contributed by atoms with Gasteiger partial charge in [-0.25, -0.2) is 0 Å². The Morgan fingerprint density at radius 3 is 1.30 bits per heavy atom. The molecule has 0 saturated heterocycles. The van der Waals surface area contributed by atoms with E-state index in [1.807, 2.05) is 48.5 Å². The van der Waals surface area contributed by atoms with Gasteiger partial charge < -0.3 is 21.7 Å². The quantitative estimate of drug-likeness (QED) is 0.0532. The van der Waals surface area contributed by atoms with E-state index in [0.717, 1.165) is 65.8 Å². The maximum atomic E-state index is 13.0. The Labute approximate surface area is 669 Å². The smallest absolute Gasteiger partial charge is 0.263 e. The van der Waals surface area contributed by atoms with E-state index in [-0.39, 0.29) is 96.2 Å². The number of carbonyl (C=O) groups excluding carboxylic acids is 8. The summed E-state index contributed by atoms with van der Waals surface area (Å²) in [5.41, 5.74) is 20.3. The zero-order valence-corrected chi connectivity index (χ0v) is 71.1. The molecule has 8 aromatic carbocycles. The first-order valence-electron chi connectivity index (χ1n) is 34.4. The van der Waals surface area contributed by atoms with Crippen LogP contribution in [0.5, 0.6) is 11.5 Å². The number of phenolic OH excluding ortho intramolecular Hbond substituents is 2. The van der Waals surface area contributed by atoms with Crippen LogP contribution in [0.4, 0.5) is 22.7 Å². The molecule has 0 radical (unpaired) electrons. The fraction of sp³-hybridized carbons (Fsp3) is 0.317. The lowest BCUT2D eigenvalue weighted by molar-refractivity contribution is 0.0677. The number of rotatable bonds is 11. The number of carbonyl (C=O) groups is 8. The molecule has 0 aliphatic carbocycles. The van der Waals surface area contributed by atoms with Crippen molar-refractivity contribution in [2.45, 2.75) is 131 Å². The highest BCUT2D eigenvalue weighted by atomic mass is 79.9. The van der Waals surface area contributed by atoms with E-state index in [1.54, 1.807) is 36.4 Å². The minimum absolute atomic E-state index is 0.0253. The summed E-state index contributed by atoms with van der Waals surface area (Å²) in [5.74, 6) is -2.88. The molecule has 5 heterocycles. The Morgan fingerprint density at radius 1 is 0.398 bits per heavy atom. The third-order valence-electron chi connectivity index (χ3n) is 19.9. The Hall–Kier alpha value is -9.08. The number of nitrogen functional groups attached to an aromatic ring is 2. The minimum Gasteiger partial charge on any atom is -0.505 e. The van der Waals surface area contributed by atoms with Crippen molar-refractivity contribution in [1.29, 1.82) is 0 Å². The zero-order valence-electron chi connectivity index (χ0n) is 63.2. The Morgan fingerprint density at radius 2 is 0.806 bits per heavy atom. The number of aromatic nitrogens is 3. The number of hydrogen-bond acceptors (Lipinski definition) is 16. The van der Waals surface area contributed by atoms with Crippen molar-refractivity contribution in [2.75, 3.05) is 39.7 Å². The average molecular weight is 1780 g/mol. The normalized spacial score (nSPS) is 14.5. The maximum Gasteiger partial charge on any atom is 0.263 e. The van der Waals surface area contributed by atoms with Crippen LogP contribution in [-0.2, 0) is 21.7 Å². The Kier molecular flexibility index (Phi) is 22.4. The van der Waals surface area contributed by atoms with Gasteiger partial charge in [0.2, 0.25) is 0 Å². The number of benzene rings is 8. The summed E-state index contributed by atoms with van der Waals surface area (Å²) in [6, 6.07) is 38.1. The molecular formula is C82H84Br5N11O10. The van der Waals surface area contributed by atoms with Gasteiger partial charge in [0.25, 0.3) is 47.3 Å². The van der Waals surface area contributed by atoms with Gasteiger partial charge in [0.1, 0.15) is 39.6 Å². The molecule has 4 aliphatic heterocycles.